The van der Waals surface area contributed by atoms with Crippen LogP contribution in [0.15, 0.2) is 30.5 Å². The summed E-state index contributed by atoms with van der Waals surface area (Å²) in [6, 6.07) is 7.10. The first-order valence-electron chi connectivity index (χ1n) is 5.67. The monoisotopic (exact) mass is 284 g/mol. The van der Waals surface area contributed by atoms with Gasteiger partial charge in [-0.1, -0.05) is 35.3 Å². The quantitative estimate of drug-likeness (QED) is 0.937. The highest BCUT2D eigenvalue weighted by Crippen LogP contribution is 2.34. The number of aliphatic hydroxyl groups is 1. The molecule has 0 bridgehead atoms. The average molecular weight is 285 g/mol. The van der Waals surface area contributed by atoms with Gasteiger partial charge in [0.2, 0.25) is 0 Å². The third-order valence-electron chi connectivity index (χ3n) is 2.94. The standard InChI is InChI=1S/C13H14Cl2N2O/c1-3-17-12(11(15)8-16-17)13(2,18)9-5-4-6-10(14)7-9/h4-8,18H,3H2,1-2H3. The van der Waals surface area contributed by atoms with Crippen LogP contribution < -0.4 is 0 Å². The van der Waals surface area contributed by atoms with Crippen LogP contribution in [-0.2, 0) is 12.1 Å². The van der Waals surface area contributed by atoms with Gasteiger partial charge >= 0.3 is 0 Å². The molecule has 0 spiro atoms. The van der Waals surface area contributed by atoms with Crippen molar-refractivity contribution in [1.29, 1.82) is 0 Å². The highest BCUT2D eigenvalue weighted by molar-refractivity contribution is 6.31. The van der Waals surface area contributed by atoms with E-state index >= 15 is 0 Å². The number of benzene rings is 1. The molecule has 2 rings (SSSR count). The summed E-state index contributed by atoms with van der Waals surface area (Å²) in [5.74, 6) is 0. The van der Waals surface area contributed by atoms with E-state index in [1.165, 1.54) is 0 Å². The van der Waals surface area contributed by atoms with Gasteiger partial charge in [0.05, 0.1) is 16.9 Å². The van der Waals surface area contributed by atoms with Crippen molar-refractivity contribution < 1.29 is 5.11 Å². The number of aromatic nitrogens is 2. The third kappa shape index (κ3) is 2.26. The van der Waals surface area contributed by atoms with Crippen LogP contribution in [-0.4, -0.2) is 14.9 Å². The predicted octanol–water partition coefficient (Wildman–Crippen LogP) is 3.47. The lowest BCUT2D eigenvalue weighted by Gasteiger charge is -2.25. The summed E-state index contributed by atoms with van der Waals surface area (Å²) in [5, 5.41) is 15.9. The molecular formula is C13H14Cl2N2O. The SMILES string of the molecule is CCn1ncc(Cl)c1C(C)(O)c1cccc(Cl)c1. The van der Waals surface area contributed by atoms with Gasteiger partial charge in [0, 0.05) is 11.6 Å². The molecule has 0 amide bonds. The summed E-state index contributed by atoms with van der Waals surface area (Å²) >= 11 is 12.1. The van der Waals surface area contributed by atoms with E-state index in [9.17, 15) is 5.11 Å². The molecule has 0 aliphatic heterocycles. The Morgan fingerprint density at radius 3 is 2.72 bits per heavy atom. The maximum atomic E-state index is 10.8. The lowest BCUT2D eigenvalue weighted by Crippen LogP contribution is -2.27. The van der Waals surface area contributed by atoms with Gasteiger partial charge < -0.3 is 5.11 Å². The predicted molar refractivity (Wildman–Crippen MR) is 73.0 cm³/mol. The lowest BCUT2D eigenvalue weighted by atomic mass is 9.92. The van der Waals surface area contributed by atoms with Crippen LogP contribution in [0.5, 0.6) is 0 Å². The Morgan fingerprint density at radius 2 is 2.11 bits per heavy atom. The molecule has 0 saturated heterocycles. The second-order valence-corrected chi connectivity index (χ2v) is 5.08. The second kappa shape index (κ2) is 4.92. The molecule has 1 N–H and O–H groups in total. The van der Waals surface area contributed by atoms with Gasteiger partial charge in [-0.2, -0.15) is 5.10 Å². The van der Waals surface area contributed by atoms with Crippen LogP contribution in [0.25, 0.3) is 0 Å². The van der Waals surface area contributed by atoms with E-state index in [2.05, 4.69) is 5.10 Å². The Labute approximate surface area is 116 Å². The molecule has 18 heavy (non-hydrogen) atoms. The highest BCUT2D eigenvalue weighted by atomic mass is 35.5. The zero-order chi connectivity index (χ0) is 13.3. The fourth-order valence-corrected chi connectivity index (χ4v) is 2.53. The Balaban J connectivity index is 2.57. The number of halogens is 2. The van der Waals surface area contributed by atoms with E-state index in [-0.39, 0.29) is 0 Å². The van der Waals surface area contributed by atoms with Crippen LogP contribution in [0, 0.1) is 0 Å². The summed E-state index contributed by atoms with van der Waals surface area (Å²) in [5.41, 5.74) is 0.0372. The van der Waals surface area contributed by atoms with Gasteiger partial charge in [0.25, 0.3) is 0 Å². The van der Waals surface area contributed by atoms with Gasteiger partial charge in [0.1, 0.15) is 5.60 Å². The van der Waals surface area contributed by atoms with Crippen molar-refractivity contribution in [2.75, 3.05) is 0 Å². The van der Waals surface area contributed by atoms with Gasteiger partial charge in [-0.25, -0.2) is 0 Å². The van der Waals surface area contributed by atoms with Crippen LogP contribution in [0.1, 0.15) is 25.1 Å². The summed E-state index contributed by atoms with van der Waals surface area (Å²) in [6.07, 6.45) is 1.54. The number of hydrogen-bond acceptors (Lipinski definition) is 2. The molecule has 96 valence electrons. The Morgan fingerprint density at radius 1 is 1.39 bits per heavy atom. The molecule has 1 atom stereocenters. The first-order valence-corrected chi connectivity index (χ1v) is 6.42. The number of hydrogen-bond donors (Lipinski definition) is 1. The van der Waals surface area contributed by atoms with Crippen molar-refractivity contribution in [2.24, 2.45) is 0 Å². The van der Waals surface area contributed by atoms with E-state index in [0.717, 1.165) is 0 Å². The van der Waals surface area contributed by atoms with Gasteiger partial charge in [-0.3, -0.25) is 4.68 Å². The Kier molecular flexibility index (Phi) is 3.66. The molecule has 0 aliphatic carbocycles. The Hall–Kier alpha value is -1.03. The number of aryl methyl sites for hydroxylation is 1. The number of rotatable bonds is 3. The molecule has 0 saturated carbocycles. The molecule has 3 nitrogen and oxygen atoms in total. The fourth-order valence-electron chi connectivity index (χ4n) is 2.01. The third-order valence-corrected chi connectivity index (χ3v) is 3.45. The summed E-state index contributed by atoms with van der Waals surface area (Å²) in [6.45, 7) is 4.27. The minimum Gasteiger partial charge on any atom is -0.379 e. The van der Waals surface area contributed by atoms with Crippen molar-refractivity contribution >= 4 is 23.2 Å². The largest absolute Gasteiger partial charge is 0.379 e. The molecule has 1 aromatic carbocycles. The van der Waals surface area contributed by atoms with Crippen molar-refractivity contribution in [3.63, 3.8) is 0 Å². The summed E-state index contributed by atoms with van der Waals surface area (Å²) in [4.78, 5) is 0. The maximum absolute atomic E-state index is 10.8. The smallest absolute Gasteiger partial charge is 0.130 e. The van der Waals surface area contributed by atoms with Gasteiger partial charge in [-0.05, 0) is 31.5 Å². The average Bonchev–Trinajstić information content (AvgIpc) is 2.71. The zero-order valence-electron chi connectivity index (χ0n) is 10.2. The zero-order valence-corrected chi connectivity index (χ0v) is 11.7. The fraction of sp³-hybridized carbons (Fsp3) is 0.308. The molecule has 5 heteroatoms. The van der Waals surface area contributed by atoms with E-state index in [4.69, 9.17) is 23.2 Å². The topological polar surface area (TPSA) is 38.0 Å². The van der Waals surface area contributed by atoms with E-state index < -0.39 is 5.60 Å². The minimum absolute atomic E-state index is 0.446. The second-order valence-electron chi connectivity index (χ2n) is 4.24. The summed E-state index contributed by atoms with van der Waals surface area (Å²) < 4.78 is 1.68. The van der Waals surface area contributed by atoms with Crippen molar-refractivity contribution in [1.82, 2.24) is 9.78 Å². The molecule has 1 heterocycles. The van der Waals surface area contributed by atoms with Gasteiger partial charge in [-0.15, -0.1) is 0 Å². The van der Waals surface area contributed by atoms with Gasteiger partial charge in [0.15, 0.2) is 0 Å². The van der Waals surface area contributed by atoms with E-state index in [0.29, 0.717) is 27.8 Å². The summed E-state index contributed by atoms with van der Waals surface area (Å²) in [7, 11) is 0. The molecular weight excluding hydrogens is 271 g/mol. The Bertz CT molecular complexity index is 564. The molecule has 0 aliphatic rings. The first kappa shape index (κ1) is 13.4. The van der Waals surface area contributed by atoms with E-state index in [1.54, 1.807) is 36.0 Å². The lowest BCUT2D eigenvalue weighted by molar-refractivity contribution is 0.0919. The van der Waals surface area contributed by atoms with Crippen molar-refractivity contribution in [3.05, 3.63) is 51.8 Å². The molecule has 0 radical (unpaired) electrons. The minimum atomic E-state index is -1.23. The van der Waals surface area contributed by atoms with E-state index in [1.807, 2.05) is 13.0 Å². The van der Waals surface area contributed by atoms with Crippen LogP contribution >= 0.6 is 23.2 Å². The van der Waals surface area contributed by atoms with Crippen LogP contribution in [0.2, 0.25) is 10.0 Å². The molecule has 1 aromatic heterocycles. The highest BCUT2D eigenvalue weighted by Gasteiger charge is 2.32. The molecule has 0 fully saturated rings. The normalized spacial score (nSPS) is 14.5. The first-order chi connectivity index (χ1) is 8.46. The van der Waals surface area contributed by atoms with Crippen LogP contribution in [0.4, 0.5) is 0 Å². The maximum Gasteiger partial charge on any atom is 0.130 e. The van der Waals surface area contributed by atoms with Crippen LogP contribution in [0.3, 0.4) is 0 Å². The molecule has 2 aromatic rings. The van der Waals surface area contributed by atoms with Crippen molar-refractivity contribution in [3.8, 4) is 0 Å². The van der Waals surface area contributed by atoms with Crippen molar-refractivity contribution in [2.45, 2.75) is 26.0 Å². The number of nitrogens with zero attached hydrogens (tertiary/aromatic N) is 2. The molecule has 1 unspecified atom stereocenters.